The summed E-state index contributed by atoms with van der Waals surface area (Å²) in [6, 6.07) is 13.2. The maximum atomic E-state index is 13.7. The van der Waals surface area contributed by atoms with Gasteiger partial charge in [0.15, 0.2) is 11.5 Å². The van der Waals surface area contributed by atoms with Crippen LogP contribution >= 0.6 is 0 Å². The van der Waals surface area contributed by atoms with E-state index in [2.05, 4.69) is 26.1 Å². The lowest BCUT2D eigenvalue weighted by Crippen LogP contribution is -2.51. The summed E-state index contributed by atoms with van der Waals surface area (Å²) in [5.41, 5.74) is 1.38. The standard InChI is InChI=1S/C30H39NO4/c1-19-5-8-24(9-6-19)34-26-10-7-23(25(32)18-31-29(2,3)4)14-27(26)35-28(33)30-15-20-11-21(16-30)13-22(12-20)17-30/h5-10,14,20-22,25,31-32H,11-13,15-18H2,1-4H3. The van der Waals surface area contributed by atoms with Crippen LogP contribution in [0.3, 0.4) is 0 Å². The van der Waals surface area contributed by atoms with Gasteiger partial charge in [0.25, 0.3) is 0 Å². The van der Waals surface area contributed by atoms with Gasteiger partial charge in [0.1, 0.15) is 5.75 Å². The van der Waals surface area contributed by atoms with Gasteiger partial charge in [-0.2, -0.15) is 0 Å². The highest BCUT2D eigenvalue weighted by Crippen LogP contribution is 2.60. The Morgan fingerprint density at radius 1 is 1.00 bits per heavy atom. The minimum Gasteiger partial charge on any atom is -0.453 e. The molecule has 188 valence electrons. The number of carbonyl (C=O) groups is 1. The Hall–Kier alpha value is -2.37. The number of rotatable bonds is 7. The Bertz CT molecular complexity index is 1030. The van der Waals surface area contributed by atoms with Crippen LogP contribution in [0.15, 0.2) is 42.5 Å². The Balaban J connectivity index is 1.40. The van der Waals surface area contributed by atoms with Crippen molar-refractivity contribution < 1.29 is 19.4 Å². The van der Waals surface area contributed by atoms with Crippen LogP contribution in [-0.2, 0) is 4.79 Å². The second-order valence-electron chi connectivity index (χ2n) is 12.4. The molecule has 0 aliphatic heterocycles. The number of nitrogens with one attached hydrogen (secondary N) is 1. The van der Waals surface area contributed by atoms with Crippen LogP contribution in [0, 0.1) is 30.1 Å². The number of carbonyl (C=O) groups excluding carboxylic acids is 1. The minimum absolute atomic E-state index is 0.108. The lowest BCUT2D eigenvalue weighted by Gasteiger charge is -2.55. The number of β-amino-alcohol motifs (C(OH)–C–C–N with tert-alkyl or cyclic N) is 1. The molecule has 1 atom stereocenters. The molecule has 2 aromatic carbocycles. The van der Waals surface area contributed by atoms with Gasteiger partial charge in [-0.3, -0.25) is 4.79 Å². The van der Waals surface area contributed by atoms with E-state index in [1.54, 1.807) is 12.1 Å². The van der Waals surface area contributed by atoms with Crippen molar-refractivity contribution in [2.75, 3.05) is 6.54 Å². The summed E-state index contributed by atoms with van der Waals surface area (Å²) in [6.07, 6.45) is 5.95. The van der Waals surface area contributed by atoms with Gasteiger partial charge in [-0.1, -0.05) is 23.8 Å². The first-order valence-corrected chi connectivity index (χ1v) is 13.1. The van der Waals surface area contributed by atoms with Crippen LogP contribution in [0.2, 0.25) is 0 Å². The number of hydrogen-bond acceptors (Lipinski definition) is 5. The van der Waals surface area contributed by atoms with Gasteiger partial charge >= 0.3 is 5.97 Å². The van der Waals surface area contributed by atoms with Crippen LogP contribution in [0.25, 0.3) is 0 Å². The molecule has 4 aliphatic rings. The zero-order chi connectivity index (χ0) is 24.8. The van der Waals surface area contributed by atoms with E-state index in [1.807, 2.05) is 37.3 Å². The van der Waals surface area contributed by atoms with E-state index < -0.39 is 6.10 Å². The van der Waals surface area contributed by atoms with Gasteiger partial charge in [-0.05, 0) is 114 Å². The van der Waals surface area contributed by atoms with Crippen molar-refractivity contribution in [2.45, 2.75) is 77.9 Å². The molecule has 4 bridgehead atoms. The summed E-state index contributed by atoms with van der Waals surface area (Å²) >= 11 is 0. The molecule has 0 amide bonds. The summed E-state index contributed by atoms with van der Waals surface area (Å²) in [5, 5.41) is 14.2. The maximum absolute atomic E-state index is 13.7. The van der Waals surface area contributed by atoms with Crippen LogP contribution in [-0.4, -0.2) is 23.2 Å². The molecule has 4 saturated carbocycles. The molecule has 0 saturated heterocycles. The number of hydrogen-bond donors (Lipinski definition) is 2. The molecule has 35 heavy (non-hydrogen) atoms. The van der Waals surface area contributed by atoms with E-state index in [0.29, 0.717) is 47.1 Å². The van der Waals surface area contributed by atoms with Crippen LogP contribution in [0.1, 0.15) is 76.5 Å². The number of aliphatic hydroxyl groups is 1. The third kappa shape index (κ3) is 5.41. The van der Waals surface area contributed by atoms with Gasteiger partial charge in [0.2, 0.25) is 0 Å². The van der Waals surface area contributed by atoms with Crippen LogP contribution < -0.4 is 14.8 Å². The Morgan fingerprint density at radius 3 is 2.17 bits per heavy atom. The number of esters is 1. The van der Waals surface area contributed by atoms with Gasteiger partial charge in [-0.15, -0.1) is 0 Å². The molecule has 4 aliphatic carbocycles. The largest absolute Gasteiger partial charge is 0.453 e. The lowest BCUT2D eigenvalue weighted by molar-refractivity contribution is -0.161. The van der Waals surface area contributed by atoms with Crippen molar-refractivity contribution in [3.63, 3.8) is 0 Å². The summed E-state index contributed by atoms with van der Waals surface area (Å²) < 4.78 is 12.3. The van der Waals surface area contributed by atoms with Gasteiger partial charge in [0.05, 0.1) is 11.5 Å². The zero-order valence-corrected chi connectivity index (χ0v) is 21.5. The molecule has 5 heteroatoms. The van der Waals surface area contributed by atoms with Crippen molar-refractivity contribution in [1.29, 1.82) is 0 Å². The molecule has 6 rings (SSSR count). The molecular weight excluding hydrogens is 438 g/mol. The summed E-state index contributed by atoms with van der Waals surface area (Å²) in [7, 11) is 0. The molecule has 2 N–H and O–H groups in total. The van der Waals surface area contributed by atoms with Crippen LogP contribution in [0.4, 0.5) is 0 Å². The van der Waals surface area contributed by atoms with Crippen molar-refractivity contribution in [2.24, 2.45) is 23.2 Å². The quantitative estimate of drug-likeness (QED) is 0.360. The zero-order valence-electron chi connectivity index (χ0n) is 21.5. The van der Waals surface area contributed by atoms with E-state index in [9.17, 15) is 9.90 Å². The third-order valence-corrected chi connectivity index (χ3v) is 8.10. The predicted molar refractivity (Wildman–Crippen MR) is 137 cm³/mol. The number of aryl methyl sites for hydroxylation is 1. The fourth-order valence-corrected chi connectivity index (χ4v) is 6.72. The second-order valence-corrected chi connectivity index (χ2v) is 12.4. The number of benzene rings is 2. The van der Waals surface area contributed by atoms with Crippen molar-refractivity contribution in [3.8, 4) is 17.2 Å². The molecule has 0 radical (unpaired) electrons. The molecule has 0 spiro atoms. The predicted octanol–water partition coefficient (Wildman–Crippen LogP) is 6.33. The SMILES string of the molecule is Cc1ccc(Oc2ccc(C(O)CNC(C)(C)C)cc2OC(=O)C23CC4CC(CC(C4)C2)C3)cc1. The van der Waals surface area contributed by atoms with Crippen LogP contribution in [0.5, 0.6) is 17.2 Å². The Kier molecular flexibility index (Phi) is 6.43. The average Bonchev–Trinajstić information content (AvgIpc) is 2.78. The van der Waals surface area contributed by atoms with Gasteiger partial charge in [0, 0.05) is 12.1 Å². The fourth-order valence-electron chi connectivity index (χ4n) is 6.72. The molecule has 5 nitrogen and oxygen atoms in total. The molecule has 0 heterocycles. The highest BCUT2D eigenvalue weighted by atomic mass is 16.6. The second kappa shape index (κ2) is 9.25. The fraction of sp³-hybridized carbons (Fsp3) is 0.567. The average molecular weight is 478 g/mol. The molecular formula is C30H39NO4. The summed E-state index contributed by atoms with van der Waals surface area (Å²) in [4.78, 5) is 13.7. The Morgan fingerprint density at radius 2 is 1.60 bits per heavy atom. The van der Waals surface area contributed by atoms with Crippen molar-refractivity contribution >= 4 is 5.97 Å². The molecule has 1 unspecified atom stereocenters. The van der Waals surface area contributed by atoms with E-state index >= 15 is 0 Å². The van der Waals surface area contributed by atoms with E-state index in [1.165, 1.54) is 19.3 Å². The minimum atomic E-state index is -0.723. The van der Waals surface area contributed by atoms with Gasteiger partial charge in [-0.25, -0.2) is 0 Å². The van der Waals surface area contributed by atoms with E-state index in [4.69, 9.17) is 9.47 Å². The molecule has 2 aromatic rings. The Labute approximate surface area is 209 Å². The first kappa shape index (κ1) is 24.3. The number of ether oxygens (including phenoxy) is 2. The van der Waals surface area contributed by atoms with Crippen molar-refractivity contribution in [3.05, 3.63) is 53.6 Å². The van der Waals surface area contributed by atoms with E-state index in [0.717, 1.165) is 24.8 Å². The smallest absolute Gasteiger partial charge is 0.317 e. The molecule has 0 aromatic heterocycles. The summed E-state index contributed by atoms with van der Waals surface area (Å²) in [5.74, 6) is 3.43. The molecule has 4 fully saturated rings. The van der Waals surface area contributed by atoms with Crippen molar-refractivity contribution in [1.82, 2.24) is 5.32 Å². The lowest BCUT2D eigenvalue weighted by atomic mass is 9.49. The summed E-state index contributed by atoms with van der Waals surface area (Å²) in [6.45, 7) is 8.64. The highest BCUT2D eigenvalue weighted by molar-refractivity contribution is 5.80. The first-order valence-electron chi connectivity index (χ1n) is 13.1. The van der Waals surface area contributed by atoms with Gasteiger partial charge < -0.3 is 19.9 Å². The monoisotopic (exact) mass is 477 g/mol. The first-order chi connectivity index (χ1) is 16.6. The maximum Gasteiger partial charge on any atom is 0.317 e. The topological polar surface area (TPSA) is 67.8 Å². The number of aliphatic hydroxyl groups excluding tert-OH is 1. The normalized spacial score (nSPS) is 28.1. The van der Waals surface area contributed by atoms with E-state index in [-0.39, 0.29) is 16.9 Å². The highest BCUT2D eigenvalue weighted by Gasteiger charge is 2.55. The third-order valence-electron chi connectivity index (χ3n) is 8.10.